The van der Waals surface area contributed by atoms with Crippen LogP contribution >= 0.6 is 11.3 Å². The number of thiophene rings is 1. The van der Waals surface area contributed by atoms with Gasteiger partial charge in [-0.25, -0.2) is 4.68 Å². The molecule has 0 saturated carbocycles. The van der Waals surface area contributed by atoms with E-state index in [-0.39, 0.29) is 6.10 Å². The van der Waals surface area contributed by atoms with Gasteiger partial charge in [-0.05, 0) is 43.5 Å². The number of benzene rings is 1. The van der Waals surface area contributed by atoms with Crippen molar-refractivity contribution < 1.29 is 5.11 Å². The Hall–Kier alpha value is -1.95. The summed E-state index contributed by atoms with van der Waals surface area (Å²) in [6.45, 7) is 3.34. The number of aliphatic hydroxyl groups excluding tert-OH is 1. The summed E-state index contributed by atoms with van der Waals surface area (Å²) >= 11 is 1.70. The molecular formula is C18H21N3OS. The van der Waals surface area contributed by atoms with Gasteiger partial charge in [-0.2, -0.15) is 5.10 Å². The van der Waals surface area contributed by atoms with E-state index in [0.29, 0.717) is 0 Å². The Morgan fingerprint density at radius 1 is 1.22 bits per heavy atom. The maximum absolute atomic E-state index is 9.35. The fraction of sp³-hybridized carbons (Fsp3) is 0.278. The van der Waals surface area contributed by atoms with Crippen LogP contribution < -0.4 is 5.32 Å². The molecule has 2 heterocycles. The van der Waals surface area contributed by atoms with Crippen LogP contribution in [0.3, 0.4) is 0 Å². The van der Waals surface area contributed by atoms with Gasteiger partial charge in [0, 0.05) is 18.3 Å². The molecule has 2 N–H and O–H groups in total. The Labute approximate surface area is 140 Å². The lowest BCUT2D eigenvalue weighted by molar-refractivity contribution is 0.183. The smallest absolute Gasteiger partial charge is 0.107 e. The van der Waals surface area contributed by atoms with E-state index in [1.165, 1.54) is 10.4 Å². The second-order valence-corrected chi connectivity index (χ2v) is 6.52. The van der Waals surface area contributed by atoms with Gasteiger partial charge in [-0.15, -0.1) is 11.3 Å². The minimum Gasteiger partial charge on any atom is -0.393 e. The van der Waals surface area contributed by atoms with Crippen LogP contribution in [0.1, 0.15) is 18.9 Å². The van der Waals surface area contributed by atoms with Crippen molar-refractivity contribution in [2.75, 3.05) is 6.54 Å². The van der Waals surface area contributed by atoms with E-state index >= 15 is 0 Å². The van der Waals surface area contributed by atoms with Gasteiger partial charge in [0.15, 0.2) is 0 Å². The van der Waals surface area contributed by atoms with Crippen LogP contribution in [0, 0.1) is 0 Å². The number of aromatic nitrogens is 2. The summed E-state index contributed by atoms with van der Waals surface area (Å²) < 4.78 is 1.93. The molecule has 0 amide bonds. The molecule has 1 atom stereocenters. The largest absolute Gasteiger partial charge is 0.393 e. The number of hydrogen-bond donors (Lipinski definition) is 2. The van der Waals surface area contributed by atoms with Crippen molar-refractivity contribution in [1.29, 1.82) is 0 Å². The predicted molar refractivity (Wildman–Crippen MR) is 94.9 cm³/mol. The van der Waals surface area contributed by atoms with Gasteiger partial charge < -0.3 is 10.4 Å². The van der Waals surface area contributed by atoms with Gasteiger partial charge in [0.25, 0.3) is 0 Å². The third-order valence-electron chi connectivity index (χ3n) is 3.62. The molecule has 0 aliphatic rings. The van der Waals surface area contributed by atoms with Gasteiger partial charge in [-0.3, -0.25) is 0 Å². The molecule has 0 bridgehead atoms. The summed E-state index contributed by atoms with van der Waals surface area (Å²) in [6, 6.07) is 14.3. The number of para-hydroxylation sites is 1. The van der Waals surface area contributed by atoms with Crippen molar-refractivity contribution >= 4 is 11.3 Å². The lowest BCUT2D eigenvalue weighted by atomic mass is 10.2. The molecule has 1 unspecified atom stereocenters. The second-order valence-electron chi connectivity index (χ2n) is 5.57. The van der Waals surface area contributed by atoms with Crippen molar-refractivity contribution in [1.82, 2.24) is 15.1 Å². The summed E-state index contributed by atoms with van der Waals surface area (Å²) in [4.78, 5) is 1.17. The predicted octanol–water partition coefficient (Wildman–Crippen LogP) is 3.46. The SMILES string of the molecule is CC(O)CCNCc1cn(-c2ccccc2)nc1-c1cccs1. The van der Waals surface area contributed by atoms with Crippen molar-refractivity contribution in [3.63, 3.8) is 0 Å². The average Bonchev–Trinajstić information content (AvgIpc) is 3.21. The van der Waals surface area contributed by atoms with Gasteiger partial charge in [-0.1, -0.05) is 24.3 Å². The van der Waals surface area contributed by atoms with E-state index in [0.717, 1.165) is 30.9 Å². The minimum absolute atomic E-state index is 0.272. The highest BCUT2D eigenvalue weighted by Crippen LogP contribution is 2.27. The lowest BCUT2D eigenvalue weighted by Gasteiger charge is -2.06. The van der Waals surface area contributed by atoms with Crippen molar-refractivity contribution in [2.45, 2.75) is 26.0 Å². The van der Waals surface area contributed by atoms with E-state index < -0.39 is 0 Å². The zero-order chi connectivity index (χ0) is 16.1. The van der Waals surface area contributed by atoms with Crippen LogP contribution in [0.4, 0.5) is 0 Å². The average molecular weight is 327 g/mol. The van der Waals surface area contributed by atoms with Crippen LogP contribution in [0.5, 0.6) is 0 Å². The summed E-state index contributed by atoms with van der Waals surface area (Å²) in [7, 11) is 0. The number of rotatable bonds is 7. The molecule has 0 saturated heterocycles. The number of hydrogen-bond acceptors (Lipinski definition) is 4. The zero-order valence-electron chi connectivity index (χ0n) is 13.1. The van der Waals surface area contributed by atoms with Crippen LogP contribution in [0.15, 0.2) is 54.0 Å². The van der Waals surface area contributed by atoms with Crippen LogP contribution in [-0.4, -0.2) is 27.5 Å². The fourth-order valence-corrected chi connectivity index (χ4v) is 3.15. The highest BCUT2D eigenvalue weighted by atomic mass is 32.1. The van der Waals surface area contributed by atoms with Gasteiger partial charge in [0.2, 0.25) is 0 Å². The van der Waals surface area contributed by atoms with E-state index in [9.17, 15) is 5.11 Å². The molecule has 3 rings (SSSR count). The monoisotopic (exact) mass is 327 g/mol. The number of nitrogens with one attached hydrogen (secondary N) is 1. The molecule has 120 valence electrons. The van der Waals surface area contributed by atoms with Crippen LogP contribution in [0.2, 0.25) is 0 Å². The first-order valence-corrected chi connectivity index (χ1v) is 8.68. The highest BCUT2D eigenvalue weighted by molar-refractivity contribution is 7.13. The van der Waals surface area contributed by atoms with E-state index in [2.05, 4.69) is 35.1 Å². The summed E-state index contributed by atoms with van der Waals surface area (Å²) in [5, 5.41) is 19.6. The van der Waals surface area contributed by atoms with E-state index in [1.54, 1.807) is 11.3 Å². The van der Waals surface area contributed by atoms with Crippen molar-refractivity contribution in [2.24, 2.45) is 0 Å². The molecule has 2 aromatic heterocycles. The Balaban J connectivity index is 1.83. The third kappa shape index (κ3) is 4.07. The first kappa shape index (κ1) is 15.9. The summed E-state index contributed by atoms with van der Waals surface area (Å²) in [6.07, 6.45) is 2.56. The minimum atomic E-state index is -0.272. The molecule has 0 spiro atoms. The summed E-state index contributed by atoms with van der Waals surface area (Å²) in [5.41, 5.74) is 3.25. The highest BCUT2D eigenvalue weighted by Gasteiger charge is 2.12. The molecular weight excluding hydrogens is 306 g/mol. The third-order valence-corrected chi connectivity index (χ3v) is 4.50. The van der Waals surface area contributed by atoms with E-state index in [1.807, 2.05) is 35.9 Å². The molecule has 0 radical (unpaired) electrons. The molecule has 5 heteroatoms. The maximum atomic E-state index is 9.35. The van der Waals surface area contributed by atoms with Crippen LogP contribution in [0.25, 0.3) is 16.3 Å². The first-order chi connectivity index (χ1) is 11.2. The Bertz CT molecular complexity index is 720. The summed E-state index contributed by atoms with van der Waals surface area (Å²) in [5.74, 6) is 0. The Morgan fingerprint density at radius 2 is 2.04 bits per heavy atom. The lowest BCUT2D eigenvalue weighted by Crippen LogP contribution is -2.18. The first-order valence-electron chi connectivity index (χ1n) is 7.80. The molecule has 4 nitrogen and oxygen atoms in total. The van der Waals surface area contributed by atoms with Gasteiger partial charge >= 0.3 is 0 Å². The number of nitrogens with zero attached hydrogens (tertiary/aromatic N) is 2. The van der Waals surface area contributed by atoms with Gasteiger partial charge in [0.05, 0.1) is 16.7 Å². The van der Waals surface area contributed by atoms with Gasteiger partial charge in [0.1, 0.15) is 5.69 Å². The molecule has 1 aromatic carbocycles. The van der Waals surface area contributed by atoms with Crippen molar-refractivity contribution in [3.05, 3.63) is 59.6 Å². The molecule has 0 aliphatic heterocycles. The molecule has 0 aliphatic carbocycles. The van der Waals surface area contributed by atoms with Crippen LogP contribution in [-0.2, 0) is 6.54 Å². The van der Waals surface area contributed by atoms with Crippen molar-refractivity contribution in [3.8, 4) is 16.3 Å². The zero-order valence-corrected chi connectivity index (χ0v) is 14.0. The standard InChI is InChI=1S/C18H21N3OS/c1-14(22)9-10-19-12-15-13-21(16-6-3-2-4-7-16)20-18(15)17-8-5-11-23-17/h2-8,11,13-14,19,22H,9-10,12H2,1H3. The number of aliphatic hydroxyl groups is 1. The topological polar surface area (TPSA) is 50.1 Å². The molecule has 23 heavy (non-hydrogen) atoms. The second kappa shape index (κ2) is 7.55. The fourth-order valence-electron chi connectivity index (χ4n) is 2.41. The quantitative estimate of drug-likeness (QED) is 0.653. The maximum Gasteiger partial charge on any atom is 0.107 e. The molecule has 0 fully saturated rings. The Morgan fingerprint density at radius 3 is 2.74 bits per heavy atom. The Kier molecular flexibility index (Phi) is 5.23. The normalized spacial score (nSPS) is 12.4. The molecule has 3 aromatic rings. The van der Waals surface area contributed by atoms with E-state index in [4.69, 9.17) is 5.10 Å².